The Kier molecular flexibility index (Phi) is 4.05. The van der Waals surface area contributed by atoms with Crippen LogP contribution in [0.25, 0.3) is 0 Å². The molecule has 3 nitrogen and oxygen atoms in total. The standard InChI is InChI=1S/C11H17FN2O/c1-8(7-15)14(2)11-9(6-13)4-3-5-10(11)12/h3-5,8,15H,6-7,13H2,1-2H3. The number of likely N-dealkylation sites (N-methyl/N-ethyl adjacent to an activating group) is 1. The highest BCUT2D eigenvalue weighted by atomic mass is 19.1. The molecule has 0 amide bonds. The molecule has 0 aliphatic rings. The first-order valence-electron chi connectivity index (χ1n) is 4.93. The SMILES string of the molecule is CC(CO)N(C)c1c(F)cccc1CN. The van der Waals surface area contributed by atoms with Crippen LogP contribution < -0.4 is 10.6 Å². The number of para-hydroxylation sites is 1. The number of nitrogens with two attached hydrogens (primary N) is 1. The minimum Gasteiger partial charge on any atom is -0.394 e. The van der Waals surface area contributed by atoms with Crippen molar-refractivity contribution in [1.82, 2.24) is 0 Å². The molecule has 0 fully saturated rings. The molecule has 15 heavy (non-hydrogen) atoms. The van der Waals surface area contributed by atoms with Gasteiger partial charge in [-0.25, -0.2) is 4.39 Å². The van der Waals surface area contributed by atoms with Crippen molar-refractivity contribution in [3.8, 4) is 0 Å². The smallest absolute Gasteiger partial charge is 0.146 e. The van der Waals surface area contributed by atoms with Gasteiger partial charge in [-0.1, -0.05) is 12.1 Å². The second-order valence-electron chi connectivity index (χ2n) is 3.59. The fourth-order valence-electron chi connectivity index (χ4n) is 1.46. The number of hydrogen-bond donors (Lipinski definition) is 2. The van der Waals surface area contributed by atoms with Crippen molar-refractivity contribution in [2.75, 3.05) is 18.6 Å². The van der Waals surface area contributed by atoms with Crippen molar-refractivity contribution in [2.24, 2.45) is 5.73 Å². The van der Waals surface area contributed by atoms with Gasteiger partial charge < -0.3 is 15.7 Å². The van der Waals surface area contributed by atoms with Gasteiger partial charge in [-0.3, -0.25) is 0 Å². The fourth-order valence-corrected chi connectivity index (χ4v) is 1.46. The van der Waals surface area contributed by atoms with Crippen LogP contribution in [-0.2, 0) is 6.54 Å². The summed E-state index contributed by atoms with van der Waals surface area (Å²) in [7, 11) is 1.75. The lowest BCUT2D eigenvalue weighted by Crippen LogP contribution is -2.33. The molecule has 0 aliphatic heterocycles. The first-order valence-corrected chi connectivity index (χ1v) is 4.93. The number of halogens is 1. The van der Waals surface area contributed by atoms with Crippen molar-refractivity contribution in [3.63, 3.8) is 0 Å². The third-order valence-corrected chi connectivity index (χ3v) is 2.57. The van der Waals surface area contributed by atoms with Crippen LogP contribution in [0.15, 0.2) is 18.2 Å². The summed E-state index contributed by atoms with van der Waals surface area (Å²) in [6.07, 6.45) is 0. The highest BCUT2D eigenvalue weighted by Crippen LogP contribution is 2.24. The van der Waals surface area contributed by atoms with E-state index < -0.39 is 0 Å². The molecule has 0 heterocycles. The minimum absolute atomic E-state index is 0.0190. The summed E-state index contributed by atoms with van der Waals surface area (Å²) in [6, 6.07) is 4.69. The van der Waals surface area contributed by atoms with Crippen LogP contribution in [0.4, 0.5) is 10.1 Å². The van der Waals surface area contributed by atoms with E-state index in [1.54, 1.807) is 24.1 Å². The zero-order valence-corrected chi connectivity index (χ0v) is 9.07. The molecule has 1 rings (SSSR count). The Morgan fingerprint density at radius 1 is 1.53 bits per heavy atom. The number of benzene rings is 1. The molecule has 1 aromatic carbocycles. The van der Waals surface area contributed by atoms with Crippen molar-refractivity contribution in [2.45, 2.75) is 19.5 Å². The third kappa shape index (κ3) is 2.46. The minimum atomic E-state index is -0.305. The molecule has 0 spiro atoms. The zero-order chi connectivity index (χ0) is 11.4. The number of aliphatic hydroxyl groups is 1. The molecular weight excluding hydrogens is 195 g/mol. The maximum atomic E-state index is 13.6. The molecule has 0 aromatic heterocycles. The number of rotatable bonds is 4. The average molecular weight is 212 g/mol. The molecule has 84 valence electrons. The van der Waals surface area contributed by atoms with Gasteiger partial charge in [0.2, 0.25) is 0 Å². The third-order valence-electron chi connectivity index (χ3n) is 2.57. The molecule has 1 aromatic rings. The molecule has 1 atom stereocenters. The molecule has 3 N–H and O–H groups in total. The second-order valence-corrected chi connectivity index (χ2v) is 3.59. The van der Waals surface area contributed by atoms with E-state index in [1.165, 1.54) is 6.07 Å². The van der Waals surface area contributed by atoms with Gasteiger partial charge in [0.25, 0.3) is 0 Å². The van der Waals surface area contributed by atoms with Gasteiger partial charge in [-0.2, -0.15) is 0 Å². The van der Waals surface area contributed by atoms with E-state index in [9.17, 15) is 4.39 Å². The fraction of sp³-hybridized carbons (Fsp3) is 0.455. The number of nitrogens with zero attached hydrogens (tertiary/aromatic N) is 1. The van der Waals surface area contributed by atoms with Crippen LogP contribution in [0.5, 0.6) is 0 Å². The van der Waals surface area contributed by atoms with Crippen LogP contribution in [0, 0.1) is 5.82 Å². The maximum absolute atomic E-state index is 13.6. The maximum Gasteiger partial charge on any atom is 0.146 e. The Bertz CT molecular complexity index is 330. The van der Waals surface area contributed by atoms with Gasteiger partial charge in [0, 0.05) is 19.6 Å². The van der Waals surface area contributed by atoms with E-state index in [0.717, 1.165) is 5.56 Å². The monoisotopic (exact) mass is 212 g/mol. The van der Waals surface area contributed by atoms with E-state index in [1.807, 2.05) is 6.92 Å². The van der Waals surface area contributed by atoms with Crippen LogP contribution in [0.3, 0.4) is 0 Å². The van der Waals surface area contributed by atoms with Gasteiger partial charge in [0.1, 0.15) is 5.82 Å². The van der Waals surface area contributed by atoms with Crippen molar-refractivity contribution in [3.05, 3.63) is 29.6 Å². The molecule has 0 bridgehead atoms. The molecule has 0 radical (unpaired) electrons. The van der Waals surface area contributed by atoms with Gasteiger partial charge in [0.15, 0.2) is 0 Å². The molecular formula is C11H17FN2O. The Labute approximate surface area is 89.3 Å². The lowest BCUT2D eigenvalue weighted by atomic mass is 10.1. The molecule has 0 saturated carbocycles. The Hall–Kier alpha value is -1.13. The Morgan fingerprint density at radius 2 is 2.20 bits per heavy atom. The van der Waals surface area contributed by atoms with E-state index in [2.05, 4.69) is 0 Å². The zero-order valence-electron chi connectivity index (χ0n) is 9.07. The topological polar surface area (TPSA) is 49.5 Å². The first kappa shape index (κ1) is 11.9. The predicted molar refractivity (Wildman–Crippen MR) is 59.2 cm³/mol. The lowest BCUT2D eigenvalue weighted by Gasteiger charge is -2.27. The van der Waals surface area contributed by atoms with Crippen LogP contribution >= 0.6 is 0 Å². The van der Waals surface area contributed by atoms with E-state index in [-0.39, 0.29) is 25.0 Å². The predicted octanol–water partition coefficient (Wildman–Crippen LogP) is 1.10. The van der Waals surface area contributed by atoms with Crippen LogP contribution in [0.1, 0.15) is 12.5 Å². The summed E-state index contributed by atoms with van der Waals surface area (Å²) in [5, 5.41) is 9.03. The number of aliphatic hydroxyl groups excluding tert-OH is 1. The largest absolute Gasteiger partial charge is 0.394 e. The average Bonchev–Trinajstić information content (AvgIpc) is 2.26. The van der Waals surface area contributed by atoms with Gasteiger partial charge in [-0.15, -0.1) is 0 Å². The lowest BCUT2D eigenvalue weighted by molar-refractivity contribution is 0.269. The highest BCUT2D eigenvalue weighted by Gasteiger charge is 2.16. The van der Waals surface area contributed by atoms with Crippen molar-refractivity contribution in [1.29, 1.82) is 0 Å². The van der Waals surface area contributed by atoms with E-state index in [0.29, 0.717) is 5.69 Å². The molecule has 4 heteroatoms. The second kappa shape index (κ2) is 5.09. The van der Waals surface area contributed by atoms with Crippen LogP contribution in [-0.4, -0.2) is 24.8 Å². The molecule has 0 aliphatic carbocycles. The van der Waals surface area contributed by atoms with E-state index in [4.69, 9.17) is 10.8 Å². The summed E-state index contributed by atoms with van der Waals surface area (Å²) >= 11 is 0. The quantitative estimate of drug-likeness (QED) is 0.785. The summed E-state index contributed by atoms with van der Waals surface area (Å²) in [5.41, 5.74) is 6.76. The molecule has 0 saturated heterocycles. The molecule has 1 unspecified atom stereocenters. The summed E-state index contributed by atoms with van der Waals surface area (Å²) in [6.45, 7) is 2.09. The van der Waals surface area contributed by atoms with Gasteiger partial charge >= 0.3 is 0 Å². The van der Waals surface area contributed by atoms with Crippen molar-refractivity contribution < 1.29 is 9.50 Å². The van der Waals surface area contributed by atoms with Crippen molar-refractivity contribution >= 4 is 5.69 Å². The summed E-state index contributed by atoms with van der Waals surface area (Å²) in [4.78, 5) is 1.71. The number of hydrogen-bond acceptors (Lipinski definition) is 3. The Balaban J connectivity index is 3.10. The number of anilines is 1. The normalized spacial score (nSPS) is 12.6. The van der Waals surface area contributed by atoms with E-state index >= 15 is 0 Å². The van der Waals surface area contributed by atoms with Gasteiger partial charge in [0.05, 0.1) is 12.3 Å². The van der Waals surface area contributed by atoms with Crippen LogP contribution in [0.2, 0.25) is 0 Å². The summed E-state index contributed by atoms with van der Waals surface area (Å²) in [5.74, 6) is -0.305. The Morgan fingerprint density at radius 3 is 2.73 bits per heavy atom. The van der Waals surface area contributed by atoms with Gasteiger partial charge in [-0.05, 0) is 18.6 Å². The first-order chi connectivity index (χ1) is 7.11. The summed E-state index contributed by atoms with van der Waals surface area (Å²) < 4.78 is 13.6. The highest BCUT2D eigenvalue weighted by molar-refractivity contribution is 5.55.